The molecule has 2 rings (SSSR count). The monoisotopic (exact) mass is 372 g/mol. The summed E-state index contributed by atoms with van der Waals surface area (Å²) in [4.78, 5) is 1.51. The quantitative estimate of drug-likeness (QED) is 0.376. The molecule has 4 atom stereocenters. The molecular formula is C18H28S4. The molecule has 0 saturated carbocycles. The zero-order valence-corrected chi connectivity index (χ0v) is 17.3. The standard InChI is InChI=1S/C18H28S4/c1-5-7-10-18(4,6-2)12(3)13-8-9-14-15(11-13)22-17(20)16(19)21-14/h5,11-14,19-20H,1,6-10H2,2-4H3/t12?,13?,14-,18?/m0/s1. The van der Waals surface area contributed by atoms with E-state index in [1.54, 1.807) is 0 Å². The van der Waals surface area contributed by atoms with Gasteiger partial charge in [-0.05, 0) is 42.9 Å². The van der Waals surface area contributed by atoms with Gasteiger partial charge in [-0.1, -0.05) is 51.1 Å². The fraction of sp³-hybridized carbons (Fsp3) is 0.667. The van der Waals surface area contributed by atoms with Crippen LogP contribution in [0.2, 0.25) is 0 Å². The Morgan fingerprint density at radius 2 is 2.14 bits per heavy atom. The molecule has 0 aromatic rings. The van der Waals surface area contributed by atoms with Gasteiger partial charge in [0.1, 0.15) is 0 Å². The Labute approximate surface area is 155 Å². The van der Waals surface area contributed by atoms with Crippen molar-refractivity contribution in [2.75, 3.05) is 0 Å². The van der Waals surface area contributed by atoms with Crippen LogP contribution < -0.4 is 0 Å². The lowest BCUT2D eigenvalue weighted by atomic mass is 9.65. The minimum absolute atomic E-state index is 0.406. The van der Waals surface area contributed by atoms with E-state index in [0.717, 1.165) is 14.9 Å². The number of hydrogen-bond acceptors (Lipinski definition) is 4. The fourth-order valence-electron chi connectivity index (χ4n) is 3.51. The van der Waals surface area contributed by atoms with Gasteiger partial charge in [0.05, 0.1) is 8.47 Å². The predicted octanol–water partition coefficient (Wildman–Crippen LogP) is 7.13. The highest BCUT2D eigenvalue weighted by atomic mass is 32.2. The lowest BCUT2D eigenvalue weighted by Crippen LogP contribution is -2.32. The summed E-state index contributed by atoms with van der Waals surface area (Å²) in [5.74, 6) is 1.40. The van der Waals surface area contributed by atoms with Gasteiger partial charge >= 0.3 is 0 Å². The van der Waals surface area contributed by atoms with Gasteiger partial charge in [-0.3, -0.25) is 0 Å². The molecule has 0 bridgehead atoms. The van der Waals surface area contributed by atoms with Gasteiger partial charge in [-0.2, -0.15) is 0 Å². The largest absolute Gasteiger partial charge is 0.135 e. The summed E-state index contributed by atoms with van der Waals surface area (Å²) in [5.41, 5.74) is 0.406. The number of allylic oxidation sites excluding steroid dienone is 2. The second-order valence-corrected chi connectivity index (χ2v) is 10.5. The molecule has 0 saturated heterocycles. The van der Waals surface area contributed by atoms with E-state index in [1.807, 2.05) is 23.5 Å². The lowest BCUT2D eigenvalue weighted by Gasteiger charge is -2.42. The molecule has 1 heterocycles. The molecular weight excluding hydrogens is 344 g/mol. The van der Waals surface area contributed by atoms with E-state index >= 15 is 0 Å². The molecule has 22 heavy (non-hydrogen) atoms. The average Bonchev–Trinajstić information content (AvgIpc) is 2.52. The molecule has 1 aliphatic carbocycles. The van der Waals surface area contributed by atoms with Crippen LogP contribution in [0.1, 0.15) is 52.9 Å². The van der Waals surface area contributed by atoms with Crippen molar-refractivity contribution < 1.29 is 0 Å². The molecule has 2 aliphatic rings. The molecule has 0 fully saturated rings. The Bertz CT molecular complexity index is 479. The second-order valence-electron chi connectivity index (χ2n) is 6.75. The maximum Gasteiger partial charge on any atom is 0.0614 e. The summed E-state index contributed by atoms with van der Waals surface area (Å²) in [6.07, 6.45) is 10.8. The van der Waals surface area contributed by atoms with Crippen molar-refractivity contribution in [3.8, 4) is 0 Å². The van der Waals surface area contributed by atoms with Crippen molar-refractivity contribution in [3.63, 3.8) is 0 Å². The van der Waals surface area contributed by atoms with Crippen molar-refractivity contribution in [2.45, 2.75) is 58.1 Å². The number of fused-ring (bicyclic) bond motifs is 1. The Morgan fingerprint density at radius 1 is 1.41 bits per heavy atom. The highest BCUT2D eigenvalue weighted by Gasteiger charge is 2.37. The maximum absolute atomic E-state index is 4.57. The van der Waals surface area contributed by atoms with Gasteiger partial charge in [0.2, 0.25) is 0 Å². The van der Waals surface area contributed by atoms with Crippen molar-refractivity contribution in [3.05, 3.63) is 32.1 Å². The molecule has 0 amide bonds. The zero-order chi connectivity index (χ0) is 16.3. The van der Waals surface area contributed by atoms with Gasteiger partial charge in [0.25, 0.3) is 0 Å². The van der Waals surface area contributed by atoms with E-state index in [2.05, 4.69) is 64.8 Å². The Morgan fingerprint density at radius 3 is 2.77 bits per heavy atom. The highest BCUT2D eigenvalue weighted by Crippen LogP contribution is 2.54. The van der Waals surface area contributed by atoms with Crippen LogP contribution in [-0.2, 0) is 0 Å². The fourth-order valence-corrected chi connectivity index (χ4v) is 6.69. The molecule has 124 valence electrons. The number of hydrogen-bond donors (Lipinski definition) is 2. The third-order valence-electron chi connectivity index (χ3n) is 5.58. The smallest absolute Gasteiger partial charge is 0.0614 e. The zero-order valence-electron chi connectivity index (χ0n) is 13.8. The van der Waals surface area contributed by atoms with Crippen molar-refractivity contribution >= 4 is 48.8 Å². The van der Waals surface area contributed by atoms with E-state index in [-0.39, 0.29) is 0 Å². The molecule has 1 aliphatic heterocycles. The van der Waals surface area contributed by atoms with E-state index < -0.39 is 0 Å². The molecule has 0 radical (unpaired) electrons. The van der Waals surface area contributed by atoms with E-state index in [0.29, 0.717) is 22.5 Å². The number of thiol groups is 2. The molecule has 0 aromatic heterocycles. The first-order valence-electron chi connectivity index (χ1n) is 8.20. The Balaban J connectivity index is 2.14. The summed E-state index contributed by atoms with van der Waals surface area (Å²) in [6, 6.07) is 0. The van der Waals surface area contributed by atoms with Crippen LogP contribution in [0.25, 0.3) is 0 Å². The summed E-state index contributed by atoms with van der Waals surface area (Å²) in [6.45, 7) is 11.2. The first-order valence-corrected chi connectivity index (χ1v) is 10.8. The lowest BCUT2D eigenvalue weighted by molar-refractivity contribution is 0.130. The van der Waals surface area contributed by atoms with Crippen LogP contribution in [0.15, 0.2) is 32.1 Å². The van der Waals surface area contributed by atoms with Crippen LogP contribution in [0.5, 0.6) is 0 Å². The van der Waals surface area contributed by atoms with Gasteiger partial charge in [0.15, 0.2) is 0 Å². The maximum atomic E-state index is 4.57. The minimum Gasteiger partial charge on any atom is -0.135 e. The molecule has 0 aromatic carbocycles. The summed E-state index contributed by atoms with van der Waals surface area (Å²) in [7, 11) is 0. The van der Waals surface area contributed by atoms with E-state index in [4.69, 9.17) is 0 Å². The molecule has 4 heteroatoms. The van der Waals surface area contributed by atoms with E-state index in [9.17, 15) is 0 Å². The molecule has 0 nitrogen and oxygen atoms in total. The third kappa shape index (κ3) is 4.17. The highest BCUT2D eigenvalue weighted by molar-refractivity contribution is 8.25. The van der Waals surface area contributed by atoms with Crippen molar-refractivity contribution in [1.29, 1.82) is 0 Å². The van der Waals surface area contributed by atoms with Crippen molar-refractivity contribution in [1.82, 2.24) is 0 Å². The topological polar surface area (TPSA) is 0 Å². The van der Waals surface area contributed by atoms with Crippen molar-refractivity contribution in [2.24, 2.45) is 17.3 Å². The van der Waals surface area contributed by atoms with Crippen LogP contribution in [0.4, 0.5) is 0 Å². The van der Waals surface area contributed by atoms with Gasteiger partial charge in [-0.15, -0.1) is 43.6 Å². The SMILES string of the molecule is C=CCCC(C)(CC)C(C)C1C=C2SC(S)=C(S)S[C@H]2CC1. The summed E-state index contributed by atoms with van der Waals surface area (Å²) < 4.78 is 2.15. The molecule has 0 spiro atoms. The number of rotatable bonds is 6. The normalized spacial score (nSPS) is 29.4. The van der Waals surface area contributed by atoms with Gasteiger partial charge in [0, 0.05) is 10.2 Å². The summed E-state index contributed by atoms with van der Waals surface area (Å²) >= 11 is 12.8. The van der Waals surface area contributed by atoms with Gasteiger partial charge < -0.3 is 0 Å². The molecule has 3 unspecified atom stereocenters. The van der Waals surface area contributed by atoms with Crippen LogP contribution >= 0.6 is 48.8 Å². The first-order chi connectivity index (χ1) is 10.4. The predicted molar refractivity (Wildman–Crippen MR) is 112 cm³/mol. The van der Waals surface area contributed by atoms with Crippen LogP contribution in [0, 0.1) is 17.3 Å². The van der Waals surface area contributed by atoms with E-state index in [1.165, 1.54) is 30.6 Å². The minimum atomic E-state index is 0.406. The van der Waals surface area contributed by atoms with Gasteiger partial charge in [-0.25, -0.2) is 0 Å². The van der Waals surface area contributed by atoms with Crippen LogP contribution in [0.3, 0.4) is 0 Å². The Kier molecular flexibility index (Phi) is 7.01. The molecule has 0 N–H and O–H groups in total. The summed E-state index contributed by atoms with van der Waals surface area (Å²) in [5, 5.41) is 0.609. The first kappa shape index (κ1) is 19.0. The van der Waals surface area contributed by atoms with Crippen LogP contribution in [-0.4, -0.2) is 5.25 Å². The number of thioether (sulfide) groups is 2. The second kappa shape index (κ2) is 8.13. The average molecular weight is 373 g/mol. The Hall–Kier alpha value is 0.620. The third-order valence-corrected chi connectivity index (χ3v) is 9.63.